The highest BCUT2D eigenvalue weighted by molar-refractivity contribution is 7.16. The zero-order valence-corrected chi connectivity index (χ0v) is 17.5. The number of nitrogens with zero attached hydrogens (tertiary/aromatic N) is 5. The van der Waals surface area contributed by atoms with Gasteiger partial charge in [0.2, 0.25) is 5.91 Å². The summed E-state index contributed by atoms with van der Waals surface area (Å²) in [7, 11) is 2.83. The Morgan fingerprint density at radius 1 is 1.16 bits per heavy atom. The van der Waals surface area contributed by atoms with Crippen LogP contribution in [0.15, 0.2) is 34.1 Å². The minimum absolute atomic E-state index is 0.123. The molecule has 31 heavy (non-hydrogen) atoms. The van der Waals surface area contributed by atoms with E-state index in [1.54, 1.807) is 6.92 Å². The van der Waals surface area contributed by atoms with E-state index in [0.29, 0.717) is 16.1 Å². The molecule has 0 unspecified atom stereocenters. The van der Waals surface area contributed by atoms with Gasteiger partial charge >= 0.3 is 5.69 Å². The number of hydrogen-bond acceptors (Lipinski definition) is 6. The van der Waals surface area contributed by atoms with E-state index >= 15 is 0 Å². The maximum absolute atomic E-state index is 13.5. The molecule has 1 amide bonds. The first-order chi connectivity index (χ1) is 14.7. The SMILES string of the molecule is Cc1sc(NC(=O)Cn2cnc3c2c(=O)n(C)c(=O)n3C)nc1-c1ccc(F)c(F)c1. The average molecular weight is 446 g/mol. The molecule has 0 spiro atoms. The minimum Gasteiger partial charge on any atom is -0.315 e. The summed E-state index contributed by atoms with van der Waals surface area (Å²) in [5.74, 6) is -2.42. The fourth-order valence-corrected chi connectivity index (χ4v) is 4.04. The summed E-state index contributed by atoms with van der Waals surface area (Å²) in [5, 5.41) is 2.91. The second-order valence-electron chi connectivity index (χ2n) is 6.85. The summed E-state index contributed by atoms with van der Waals surface area (Å²) in [6, 6.07) is 3.46. The molecule has 0 radical (unpaired) electrons. The number of anilines is 1. The van der Waals surface area contributed by atoms with Gasteiger partial charge in [-0.1, -0.05) is 0 Å². The number of hydrogen-bond donors (Lipinski definition) is 1. The number of aryl methyl sites for hydroxylation is 2. The molecule has 160 valence electrons. The molecular formula is C19H16F2N6O3S. The highest BCUT2D eigenvalue weighted by atomic mass is 32.1. The van der Waals surface area contributed by atoms with Crippen LogP contribution in [0.2, 0.25) is 0 Å². The van der Waals surface area contributed by atoms with Crippen LogP contribution in [0.5, 0.6) is 0 Å². The second kappa shape index (κ2) is 7.54. The number of thiazole rings is 1. The van der Waals surface area contributed by atoms with Crippen molar-refractivity contribution < 1.29 is 13.6 Å². The molecule has 0 saturated carbocycles. The maximum atomic E-state index is 13.5. The fraction of sp³-hybridized carbons (Fsp3) is 0.211. The third kappa shape index (κ3) is 3.54. The van der Waals surface area contributed by atoms with Crippen molar-refractivity contribution in [2.75, 3.05) is 5.32 Å². The molecule has 0 saturated heterocycles. The second-order valence-corrected chi connectivity index (χ2v) is 8.05. The van der Waals surface area contributed by atoms with Gasteiger partial charge in [0.1, 0.15) is 6.54 Å². The number of halogens is 2. The van der Waals surface area contributed by atoms with Crippen LogP contribution < -0.4 is 16.6 Å². The molecule has 0 bridgehead atoms. The quantitative estimate of drug-likeness (QED) is 0.515. The number of amides is 1. The van der Waals surface area contributed by atoms with E-state index in [-0.39, 0.29) is 22.8 Å². The minimum atomic E-state index is -0.988. The van der Waals surface area contributed by atoms with Crippen LogP contribution in [0, 0.1) is 18.6 Å². The van der Waals surface area contributed by atoms with E-state index in [9.17, 15) is 23.2 Å². The molecule has 0 atom stereocenters. The van der Waals surface area contributed by atoms with E-state index in [0.717, 1.165) is 16.7 Å². The number of carbonyl (C=O) groups excluding carboxylic acids is 1. The molecule has 0 aliphatic heterocycles. The third-order valence-electron chi connectivity index (χ3n) is 4.77. The fourth-order valence-electron chi connectivity index (χ4n) is 3.19. The summed E-state index contributed by atoms with van der Waals surface area (Å²) in [4.78, 5) is 46.1. The van der Waals surface area contributed by atoms with Crippen molar-refractivity contribution in [3.05, 3.63) is 61.9 Å². The number of carbonyl (C=O) groups is 1. The Balaban J connectivity index is 1.60. The van der Waals surface area contributed by atoms with E-state index in [1.165, 1.54) is 47.0 Å². The van der Waals surface area contributed by atoms with Crippen molar-refractivity contribution in [2.45, 2.75) is 13.5 Å². The van der Waals surface area contributed by atoms with Crippen LogP contribution in [0.1, 0.15) is 4.88 Å². The standard InChI is InChI=1S/C19H16F2N6O3S/c1-9-14(10-4-5-11(20)12(21)6-10)24-18(31-9)23-13(28)7-27-8-22-16-15(27)17(29)26(3)19(30)25(16)2/h4-6,8H,7H2,1-3H3,(H,23,24,28). The highest BCUT2D eigenvalue weighted by Crippen LogP contribution is 2.31. The van der Waals surface area contributed by atoms with Crippen molar-refractivity contribution in [3.8, 4) is 11.3 Å². The summed E-state index contributed by atoms with van der Waals surface area (Å²) in [5.41, 5.74) is 0.0304. The van der Waals surface area contributed by atoms with Gasteiger partial charge < -0.3 is 9.88 Å². The van der Waals surface area contributed by atoms with Crippen molar-refractivity contribution in [2.24, 2.45) is 14.1 Å². The molecule has 1 aromatic carbocycles. The van der Waals surface area contributed by atoms with Crippen molar-refractivity contribution in [1.82, 2.24) is 23.7 Å². The van der Waals surface area contributed by atoms with E-state index in [2.05, 4.69) is 15.3 Å². The number of aromatic nitrogens is 5. The van der Waals surface area contributed by atoms with Gasteiger partial charge in [-0.15, -0.1) is 11.3 Å². The summed E-state index contributed by atoms with van der Waals surface area (Å²) in [6.45, 7) is 1.51. The van der Waals surface area contributed by atoms with Gasteiger partial charge in [-0.05, 0) is 25.1 Å². The molecule has 0 fully saturated rings. The van der Waals surface area contributed by atoms with E-state index in [1.807, 2.05) is 0 Å². The summed E-state index contributed by atoms with van der Waals surface area (Å²) < 4.78 is 30.2. The smallest absolute Gasteiger partial charge is 0.315 e. The molecule has 12 heteroatoms. The zero-order valence-electron chi connectivity index (χ0n) is 16.6. The van der Waals surface area contributed by atoms with Gasteiger partial charge in [0, 0.05) is 24.5 Å². The number of imidazole rings is 1. The number of fused-ring (bicyclic) bond motifs is 1. The lowest BCUT2D eigenvalue weighted by Gasteiger charge is -2.06. The Hall–Kier alpha value is -3.67. The summed E-state index contributed by atoms with van der Waals surface area (Å²) >= 11 is 1.18. The van der Waals surface area contributed by atoms with Crippen molar-refractivity contribution in [3.63, 3.8) is 0 Å². The zero-order chi connectivity index (χ0) is 22.4. The van der Waals surface area contributed by atoms with Crippen LogP contribution in [0.3, 0.4) is 0 Å². The van der Waals surface area contributed by atoms with Crippen molar-refractivity contribution in [1.29, 1.82) is 0 Å². The molecular weight excluding hydrogens is 430 g/mol. The summed E-state index contributed by atoms with van der Waals surface area (Å²) in [6.07, 6.45) is 1.31. The molecule has 1 N–H and O–H groups in total. The van der Waals surface area contributed by atoms with Gasteiger partial charge in [-0.2, -0.15) is 0 Å². The molecule has 3 aromatic heterocycles. The highest BCUT2D eigenvalue weighted by Gasteiger charge is 2.18. The lowest BCUT2D eigenvalue weighted by atomic mass is 10.1. The van der Waals surface area contributed by atoms with Gasteiger partial charge in [-0.3, -0.25) is 18.7 Å². The van der Waals surface area contributed by atoms with Gasteiger partial charge in [0.05, 0.1) is 12.0 Å². The average Bonchev–Trinajstić information content (AvgIpc) is 3.30. The Bertz CT molecular complexity index is 1470. The first kappa shape index (κ1) is 20.6. The van der Waals surface area contributed by atoms with Crippen LogP contribution >= 0.6 is 11.3 Å². The van der Waals surface area contributed by atoms with E-state index < -0.39 is 28.8 Å². The molecule has 0 aliphatic carbocycles. The lowest BCUT2D eigenvalue weighted by Crippen LogP contribution is -2.37. The molecule has 4 rings (SSSR count). The Morgan fingerprint density at radius 2 is 1.90 bits per heavy atom. The Labute approximate surface area is 177 Å². The molecule has 4 aromatic rings. The normalized spacial score (nSPS) is 11.3. The number of rotatable bonds is 4. The van der Waals surface area contributed by atoms with Gasteiger partial charge in [-0.25, -0.2) is 23.5 Å². The van der Waals surface area contributed by atoms with Crippen LogP contribution in [-0.4, -0.2) is 29.6 Å². The van der Waals surface area contributed by atoms with Crippen LogP contribution in [0.25, 0.3) is 22.4 Å². The largest absolute Gasteiger partial charge is 0.332 e. The first-order valence-corrected chi connectivity index (χ1v) is 9.82. The number of benzene rings is 1. The maximum Gasteiger partial charge on any atom is 0.332 e. The first-order valence-electron chi connectivity index (χ1n) is 9.01. The van der Waals surface area contributed by atoms with Gasteiger partial charge in [0.15, 0.2) is 27.9 Å². The van der Waals surface area contributed by atoms with Crippen molar-refractivity contribution >= 4 is 33.5 Å². The number of nitrogens with one attached hydrogen (secondary N) is 1. The van der Waals surface area contributed by atoms with Gasteiger partial charge in [0.25, 0.3) is 5.56 Å². The third-order valence-corrected chi connectivity index (χ3v) is 5.65. The monoisotopic (exact) mass is 446 g/mol. The predicted octanol–water partition coefficient (Wildman–Crippen LogP) is 1.78. The van der Waals surface area contributed by atoms with E-state index in [4.69, 9.17) is 0 Å². The topological polar surface area (TPSA) is 104 Å². The Morgan fingerprint density at radius 3 is 2.61 bits per heavy atom. The lowest BCUT2D eigenvalue weighted by molar-refractivity contribution is -0.116. The predicted molar refractivity (Wildman–Crippen MR) is 111 cm³/mol. The van der Waals surface area contributed by atoms with Crippen LogP contribution in [-0.2, 0) is 25.4 Å². The molecule has 9 nitrogen and oxygen atoms in total. The molecule has 3 heterocycles. The Kier molecular flexibility index (Phi) is 5.01. The van der Waals surface area contributed by atoms with Crippen LogP contribution in [0.4, 0.5) is 13.9 Å². The molecule has 0 aliphatic rings.